The fourth-order valence-corrected chi connectivity index (χ4v) is 2.79. The van der Waals surface area contributed by atoms with Gasteiger partial charge in [0.25, 0.3) is 5.88 Å². The first-order valence-electron chi connectivity index (χ1n) is 8.45. The Bertz CT molecular complexity index is 1140. The molecule has 0 saturated heterocycles. The molecule has 0 aliphatic heterocycles. The third-order valence-electron chi connectivity index (χ3n) is 4.21. The lowest BCUT2D eigenvalue weighted by Gasteiger charge is -2.10. The van der Waals surface area contributed by atoms with Crippen molar-refractivity contribution in [2.24, 2.45) is 0 Å². The molecule has 140 valence electrons. The second-order valence-electron chi connectivity index (χ2n) is 6.04. The Balaban J connectivity index is 1.67. The van der Waals surface area contributed by atoms with Gasteiger partial charge in [0.2, 0.25) is 5.69 Å². The van der Waals surface area contributed by atoms with Gasteiger partial charge in [0.05, 0.1) is 13.7 Å². The van der Waals surface area contributed by atoms with Gasteiger partial charge in [-0.25, -0.2) is 9.48 Å². The summed E-state index contributed by atoms with van der Waals surface area (Å²) in [4.78, 5) is 15.6. The van der Waals surface area contributed by atoms with Crippen molar-refractivity contribution in [3.05, 3.63) is 72.2 Å². The first-order chi connectivity index (χ1) is 13.6. The Morgan fingerprint density at radius 2 is 1.86 bits per heavy atom. The number of ether oxygens (including phenoxy) is 2. The summed E-state index contributed by atoms with van der Waals surface area (Å²) >= 11 is 0. The number of rotatable bonds is 6. The molecule has 2 aromatic heterocycles. The number of methoxy groups -OCH3 is 1. The molecule has 0 fully saturated rings. The van der Waals surface area contributed by atoms with Crippen LogP contribution >= 0.6 is 0 Å². The summed E-state index contributed by atoms with van der Waals surface area (Å²) in [5.74, 6) is 0.0566. The fraction of sp³-hybridized carbons (Fsp3) is 0.100. The van der Waals surface area contributed by atoms with Gasteiger partial charge in [-0.2, -0.15) is 0 Å². The van der Waals surface area contributed by atoms with Crippen molar-refractivity contribution in [3.63, 3.8) is 0 Å². The molecule has 0 atom stereocenters. The van der Waals surface area contributed by atoms with Crippen molar-refractivity contribution in [2.75, 3.05) is 7.11 Å². The van der Waals surface area contributed by atoms with E-state index >= 15 is 0 Å². The maximum Gasteiger partial charge on any atom is 0.362 e. The number of carboxylic acid groups (broad SMARTS) is 1. The van der Waals surface area contributed by atoms with Gasteiger partial charge in [-0.1, -0.05) is 23.4 Å². The predicted octanol–water partition coefficient (Wildman–Crippen LogP) is 3.37. The van der Waals surface area contributed by atoms with E-state index < -0.39 is 5.97 Å². The predicted molar refractivity (Wildman–Crippen MR) is 101 cm³/mol. The summed E-state index contributed by atoms with van der Waals surface area (Å²) in [7, 11) is 1.59. The maximum atomic E-state index is 11.6. The van der Waals surface area contributed by atoms with E-state index in [1.54, 1.807) is 31.6 Å². The minimum atomic E-state index is -1.21. The lowest BCUT2D eigenvalue weighted by atomic mass is 10.2. The average molecular weight is 376 g/mol. The number of fused-ring (bicyclic) bond motifs is 1. The zero-order chi connectivity index (χ0) is 19.5. The van der Waals surface area contributed by atoms with Crippen LogP contribution in [-0.4, -0.2) is 38.2 Å². The van der Waals surface area contributed by atoms with E-state index in [1.807, 2.05) is 36.4 Å². The second-order valence-corrected chi connectivity index (χ2v) is 6.04. The average Bonchev–Trinajstić information content (AvgIpc) is 3.11. The van der Waals surface area contributed by atoms with Gasteiger partial charge in [0, 0.05) is 17.8 Å². The highest BCUT2D eigenvalue weighted by Crippen LogP contribution is 2.28. The molecule has 8 heteroatoms. The lowest BCUT2D eigenvalue weighted by molar-refractivity contribution is 0.0687. The Hall–Kier alpha value is -3.94. The van der Waals surface area contributed by atoms with Gasteiger partial charge in [-0.05, 0) is 41.3 Å². The molecule has 0 radical (unpaired) electrons. The molecule has 4 aromatic rings. The van der Waals surface area contributed by atoms with Crippen LogP contribution in [0.15, 0.2) is 60.9 Å². The van der Waals surface area contributed by atoms with E-state index in [9.17, 15) is 9.90 Å². The SMILES string of the molecule is COc1ccc(Cn2nnc(C(=O)O)c2Oc2ccc3ccncc3c2)cc1. The van der Waals surface area contributed by atoms with Crippen LogP contribution in [0.25, 0.3) is 10.8 Å². The van der Waals surface area contributed by atoms with Crippen LogP contribution in [0.2, 0.25) is 0 Å². The molecule has 0 bridgehead atoms. The molecular formula is C20H16N4O4. The van der Waals surface area contributed by atoms with E-state index in [1.165, 1.54) is 4.68 Å². The van der Waals surface area contributed by atoms with Gasteiger partial charge in [-0.15, -0.1) is 5.10 Å². The third kappa shape index (κ3) is 3.48. The number of hydrogen-bond acceptors (Lipinski definition) is 6. The quantitative estimate of drug-likeness (QED) is 0.551. The van der Waals surface area contributed by atoms with Crippen LogP contribution < -0.4 is 9.47 Å². The summed E-state index contributed by atoms with van der Waals surface area (Å²) in [5, 5.41) is 19.0. The van der Waals surface area contributed by atoms with Crippen LogP contribution in [0.1, 0.15) is 16.1 Å². The molecule has 0 amide bonds. The van der Waals surface area contributed by atoms with Crippen molar-refractivity contribution < 1.29 is 19.4 Å². The molecule has 4 rings (SSSR count). The number of pyridine rings is 1. The molecule has 2 heterocycles. The standard InChI is InChI=1S/C20H16N4O4/c1-27-16-5-2-13(3-6-16)12-24-19(18(20(25)26)22-23-24)28-17-7-4-14-8-9-21-11-15(14)10-17/h2-11H,12H2,1H3,(H,25,26). The molecule has 0 aliphatic rings. The Morgan fingerprint density at radius 3 is 2.61 bits per heavy atom. The molecule has 8 nitrogen and oxygen atoms in total. The lowest BCUT2D eigenvalue weighted by Crippen LogP contribution is -2.06. The van der Waals surface area contributed by atoms with Crippen LogP contribution in [-0.2, 0) is 6.54 Å². The summed E-state index contributed by atoms with van der Waals surface area (Å²) in [6.45, 7) is 0.300. The summed E-state index contributed by atoms with van der Waals surface area (Å²) in [6.07, 6.45) is 3.42. The van der Waals surface area contributed by atoms with Crippen LogP contribution in [0.4, 0.5) is 0 Å². The number of carbonyl (C=O) groups is 1. The van der Waals surface area contributed by atoms with Crippen molar-refractivity contribution in [1.82, 2.24) is 20.0 Å². The molecule has 0 aliphatic carbocycles. The monoisotopic (exact) mass is 376 g/mol. The summed E-state index contributed by atoms with van der Waals surface area (Å²) in [5.41, 5.74) is 0.648. The van der Waals surface area contributed by atoms with Crippen LogP contribution in [0.3, 0.4) is 0 Å². The van der Waals surface area contributed by atoms with E-state index in [4.69, 9.17) is 9.47 Å². The van der Waals surface area contributed by atoms with Crippen LogP contribution in [0, 0.1) is 0 Å². The van der Waals surface area contributed by atoms with Crippen molar-refractivity contribution in [2.45, 2.75) is 6.54 Å². The smallest absolute Gasteiger partial charge is 0.362 e. The van der Waals surface area contributed by atoms with Crippen molar-refractivity contribution >= 4 is 16.7 Å². The number of carboxylic acids is 1. The zero-order valence-electron chi connectivity index (χ0n) is 14.9. The molecule has 2 aromatic carbocycles. The fourth-order valence-electron chi connectivity index (χ4n) is 2.79. The molecule has 0 saturated carbocycles. The van der Waals surface area contributed by atoms with Crippen molar-refractivity contribution in [1.29, 1.82) is 0 Å². The number of benzene rings is 2. The first-order valence-corrected chi connectivity index (χ1v) is 8.45. The topological polar surface area (TPSA) is 99.4 Å². The molecule has 0 unspecified atom stereocenters. The van der Waals surface area contributed by atoms with Gasteiger partial charge in [0.15, 0.2) is 0 Å². The zero-order valence-corrected chi connectivity index (χ0v) is 14.9. The highest BCUT2D eigenvalue weighted by molar-refractivity contribution is 5.88. The first kappa shape index (κ1) is 17.5. The number of hydrogen-bond donors (Lipinski definition) is 1. The van der Waals surface area contributed by atoms with E-state index in [0.717, 1.165) is 22.1 Å². The van der Waals surface area contributed by atoms with E-state index in [2.05, 4.69) is 15.3 Å². The number of aromatic carboxylic acids is 1. The van der Waals surface area contributed by atoms with Crippen LogP contribution in [0.5, 0.6) is 17.4 Å². The summed E-state index contributed by atoms with van der Waals surface area (Å²) < 4.78 is 12.4. The highest BCUT2D eigenvalue weighted by atomic mass is 16.5. The molecule has 0 spiro atoms. The second kappa shape index (κ2) is 7.36. The summed E-state index contributed by atoms with van der Waals surface area (Å²) in [6, 6.07) is 14.7. The number of nitrogens with zero attached hydrogens (tertiary/aromatic N) is 4. The van der Waals surface area contributed by atoms with Crippen molar-refractivity contribution in [3.8, 4) is 17.4 Å². The molecule has 1 N–H and O–H groups in total. The van der Waals surface area contributed by atoms with Gasteiger partial charge in [-0.3, -0.25) is 4.98 Å². The third-order valence-corrected chi connectivity index (χ3v) is 4.21. The van der Waals surface area contributed by atoms with Gasteiger partial charge in [0.1, 0.15) is 11.5 Å². The number of aromatic nitrogens is 4. The van der Waals surface area contributed by atoms with Gasteiger partial charge < -0.3 is 14.6 Å². The van der Waals surface area contributed by atoms with Gasteiger partial charge >= 0.3 is 5.97 Å². The van der Waals surface area contributed by atoms with E-state index in [-0.39, 0.29) is 11.6 Å². The minimum Gasteiger partial charge on any atom is -0.497 e. The Labute approximate surface area is 160 Å². The van der Waals surface area contributed by atoms with E-state index in [0.29, 0.717) is 12.3 Å². The Morgan fingerprint density at radius 1 is 1.07 bits per heavy atom. The molecule has 28 heavy (non-hydrogen) atoms. The normalized spacial score (nSPS) is 10.8. The molecular weight excluding hydrogens is 360 g/mol. The maximum absolute atomic E-state index is 11.6. The minimum absolute atomic E-state index is 0.0616. The largest absolute Gasteiger partial charge is 0.497 e. The highest BCUT2D eigenvalue weighted by Gasteiger charge is 2.22. The Kier molecular flexibility index (Phi) is 4.59.